The fraction of sp³-hybridized carbons (Fsp3) is 0.619. The molecule has 1 amide bonds. The van der Waals surface area contributed by atoms with Gasteiger partial charge < -0.3 is 9.88 Å². The predicted molar refractivity (Wildman–Crippen MR) is 114 cm³/mol. The monoisotopic (exact) mass is 420 g/mol. The molecule has 1 heterocycles. The zero-order valence-corrected chi connectivity index (χ0v) is 18.2. The molecule has 0 atom stereocenters. The average molecular weight is 421 g/mol. The molecule has 3 rings (SSSR count). The fourth-order valence-corrected chi connectivity index (χ4v) is 5.52. The van der Waals surface area contributed by atoms with Gasteiger partial charge in [-0.2, -0.15) is 4.31 Å². The van der Waals surface area contributed by atoms with Crippen molar-refractivity contribution in [3.05, 3.63) is 24.5 Å². The zero-order chi connectivity index (χ0) is 20.9. The standard InChI is InChI=1S/C21H32N4O3S/c1-3-25(4-2)29(27,28)18-11-12-20-19(15-18)22-16-24(20)14-13-21(26)23-17-9-7-5-6-8-10-17/h11-12,15-17H,3-10,13-14H2,1-2H3,(H,23,26). The molecule has 0 spiro atoms. The van der Waals surface area contributed by atoms with E-state index >= 15 is 0 Å². The van der Waals surface area contributed by atoms with Crippen LogP contribution in [0.25, 0.3) is 11.0 Å². The molecule has 0 saturated heterocycles. The maximum Gasteiger partial charge on any atom is 0.243 e. The van der Waals surface area contributed by atoms with Crippen LogP contribution in [0.15, 0.2) is 29.4 Å². The van der Waals surface area contributed by atoms with Crippen LogP contribution in [0.4, 0.5) is 0 Å². The molecule has 1 saturated carbocycles. The molecule has 0 unspecified atom stereocenters. The van der Waals surface area contributed by atoms with Crippen LogP contribution in [0, 0.1) is 0 Å². The van der Waals surface area contributed by atoms with Crippen molar-refractivity contribution in [2.45, 2.75) is 76.3 Å². The van der Waals surface area contributed by atoms with Crippen LogP contribution < -0.4 is 5.32 Å². The minimum atomic E-state index is -3.51. The van der Waals surface area contributed by atoms with E-state index < -0.39 is 10.0 Å². The number of aryl methyl sites for hydroxylation is 1. The topological polar surface area (TPSA) is 84.3 Å². The van der Waals surface area contributed by atoms with Crippen molar-refractivity contribution in [3.8, 4) is 0 Å². The van der Waals surface area contributed by atoms with E-state index in [0.717, 1.165) is 18.4 Å². The van der Waals surface area contributed by atoms with Crippen molar-refractivity contribution in [2.75, 3.05) is 13.1 Å². The smallest absolute Gasteiger partial charge is 0.243 e. The van der Waals surface area contributed by atoms with E-state index in [-0.39, 0.29) is 10.8 Å². The van der Waals surface area contributed by atoms with Gasteiger partial charge >= 0.3 is 0 Å². The molecule has 0 bridgehead atoms. The first kappa shape index (κ1) is 21.8. The Kier molecular flexibility index (Phi) is 7.29. The summed E-state index contributed by atoms with van der Waals surface area (Å²) in [6.07, 6.45) is 9.12. The molecule has 0 radical (unpaired) electrons. The Balaban J connectivity index is 1.66. The number of nitrogens with zero attached hydrogens (tertiary/aromatic N) is 3. The Morgan fingerprint density at radius 2 is 1.86 bits per heavy atom. The highest BCUT2D eigenvalue weighted by Gasteiger charge is 2.22. The highest BCUT2D eigenvalue weighted by atomic mass is 32.2. The molecule has 7 nitrogen and oxygen atoms in total. The van der Waals surface area contributed by atoms with E-state index in [9.17, 15) is 13.2 Å². The Morgan fingerprint density at radius 1 is 1.17 bits per heavy atom. The predicted octanol–water partition coefficient (Wildman–Crippen LogP) is 3.30. The molecule has 0 aliphatic heterocycles. The van der Waals surface area contributed by atoms with E-state index in [1.165, 1.54) is 30.0 Å². The number of nitrogens with one attached hydrogen (secondary N) is 1. The first-order chi connectivity index (χ1) is 14.0. The normalized spacial score (nSPS) is 16.2. The zero-order valence-electron chi connectivity index (χ0n) is 17.4. The average Bonchev–Trinajstić information content (AvgIpc) is 2.94. The lowest BCUT2D eigenvalue weighted by molar-refractivity contribution is -0.122. The van der Waals surface area contributed by atoms with Crippen LogP contribution in [-0.4, -0.2) is 47.3 Å². The van der Waals surface area contributed by atoms with Crippen molar-refractivity contribution >= 4 is 27.0 Å². The summed E-state index contributed by atoms with van der Waals surface area (Å²) >= 11 is 0. The summed E-state index contributed by atoms with van der Waals surface area (Å²) in [6, 6.07) is 5.32. The number of benzene rings is 1. The third kappa shape index (κ3) is 5.17. The van der Waals surface area contributed by atoms with Crippen molar-refractivity contribution in [3.63, 3.8) is 0 Å². The lowest BCUT2D eigenvalue weighted by Crippen LogP contribution is -2.34. The molecule has 1 aromatic carbocycles. The molecule has 8 heteroatoms. The van der Waals surface area contributed by atoms with Gasteiger partial charge in [-0.3, -0.25) is 4.79 Å². The lowest BCUT2D eigenvalue weighted by Gasteiger charge is -2.18. The van der Waals surface area contributed by atoms with Gasteiger partial charge in [-0.25, -0.2) is 13.4 Å². The molecule has 1 N–H and O–H groups in total. The summed E-state index contributed by atoms with van der Waals surface area (Å²) in [7, 11) is -3.51. The number of carbonyl (C=O) groups is 1. The second-order valence-corrected chi connectivity index (χ2v) is 9.62. The highest BCUT2D eigenvalue weighted by molar-refractivity contribution is 7.89. The van der Waals surface area contributed by atoms with Gasteiger partial charge in [0.1, 0.15) is 0 Å². The SMILES string of the molecule is CCN(CC)S(=O)(=O)c1ccc2c(c1)ncn2CCC(=O)NC1CCCCCC1. The number of amides is 1. The Labute approximate surface area is 173 Å². The molecule has 1 aliphatic carbocycles. The summed E-state index contributed by atoms with van der Waals surface area (Å²) in [5.41, 5.74) is 1.47. The number of rotatable bonds is 8. The van der Waals surface area contributed by atoms with Crippen LogP contribution in [0.1, 0.15) is 58.8 Å². The minimum absolute atomic E-state index is 0.0690. The molecule has 1 aromatic heterocycles. The Hall–Kier alpha value is -1.93. The number of carbonyl (C=O) groups excluding carboxylic acids is 1. The molecule has 2 aromatic rings. The van der Waals surface area contributed by atoms with Crippen molar-refractivity contribution in [1.82, 2.24) is 19.2 Å². The van der Waals surface area contributed by atoms with Gasteiger partial charge in [-0.15, -0.1) is 0 Å². The van der Waals surface area contributed by atoms with Crippen LogP contribution in [0.2, 0.25) is 0 Å². The van der Waals surface area contributed by atoms with Gasteiger partial charge in [0.05, 0.1) is 22.3 Å². The molecular formula is C21H32N4O3S. The summed E-state index contributed by atoms with van der Waals surface area (Å²) in [6.45, 7) is 5.04. The first-order valence-electron chi connectivity index (χ1n) is 10.7. The third-order valence-electron chi connectivity index (χ3n) is 5.74. The molecule has 29 heavy (non-hydrogen) atoms. The summed E-state index contributed by atoms with van der Waals surface area (Å²) in [5.74, 6) is 0.0690. The van der Waals surface area contributed by atoms with Crippen molar-refractivity contribution in [1.29, 1.82) is 0 Å². The minimum Gasteiger partial charge on any atom is -0.353 e. The number of hydrogen-bond acceptors (Lipinski definition) is 4. The number of aromatic nitrogens is 2. The van der Waals surface area contributed by atoms with Gasteiger partial charge in [0.25, 0.3) is 0 Å². The quantitative estimate of drug-likeness (QED) is 0.664. The van der Waals surface area contributed by atoms with Gasteiger partial charge in [0.15, 0.2) is 0 Å². The summed E-state index contributed by atoms with van der Waals surface area (Å²) in [4.78, 5) is 17.0. The maximum atomic E-state index is 12.7. The summed E-state index contributed by atoms with van der Waals surface area (Å²) < 4.78 is 28.8. The third-order valence-corrected chi connectivity index (χ3v) is 7.78. The first-order valence-corrected chi connectivity index (χ1v) is 12.1. The molecule has 1 aliphatic rings. The van der Waals surface area contributed by atoms with E-state index in [4.69, 9.17) is 0 Å². The molecule has 1 fully saturated rings. The van der Waals surface area contributed by atoms with Gasteiger partial charge in [-0.05, 0) is 31.0 Å². The fourth-order valence-electron chi connectivity index (χ4n) is 4.04. The Bertz CT molecular complexity index is 927. The van der Waals surface area contributed by atoms with Crippen molar-refractivity contribution in [2.24, 2.45) is 0 Å². The number of imidazole rings is 1. The van der Waals surface area contributed by atoms with Crippen molar-refractivity contribution < 1.29 is 13.2 Å². The maximum absolute atomic E-state index is 12.7. The second kappa shape index (κ2) is 9.71. The highest BCUT2D eigenvalue weighted by Crippen LogP contribution is 2.22. The summed E-state index contributed by atoms with van der Waals surface area (Å²) in [5, 5.41) is 3.17. The molecule has 160 valence electrons. The van der Waals surface area contributed by atoms with Gasteiger partial charge in [0, 0.05) is 32.1 Å². The second-order valence-electron chi connectivity index (χ2n) is 7.68. The lowest BCUT2D eigenvalue weighted by atomic mass is 10.1. The van der Waals surface area contributed by atoms with Gasteiger partial charge in [-0.1, -0.05) is 39.5 Å². The van der Waals surface area contributed by atoms with E-state index in [1.54, 1.807) is 24.5 Å². The largest absolute Gasteiger partial charge is 0.353 e. The number of fused-ring (bicyclic) bond motifs is 1. The van der Waals surface area contributed by atoms with Crippen LogP contribution in [0.5, 0.6) is 0 Å². The van der Waals surface area contributed by atoms with Crippen LogP contribution in [-0.2, 0) is 21.4 Å². The molecular weight excluding hydrogens is 388 g/mol. The van der Waals surface area contributed by atoms with E-state index in [0.29, 0.717) is 37.6 Å². The van der Waals surface area contributed by atoms with Gasteiger partial charge in [0.2, 0.25) is 15.9 Å². The van der Waals surface area contributed by atoms with Crippen LogP contribution in [0.3, 0.4) is 0 Å². The van der Waals surface area contributed by atoms with E-state index in [2.05, 4.69) is 10.3 Å². The van der Waals surface area contributed by atoms with Crippen LogP contribution >= 0.6 is 0 Å². The van der Waals surface area contributed by atoms with E-state index in [1.807, 2.05) is 18.4 Å². The number of sulfonamides is 1. The number of hydrogen-bond donors (Lipinski definition) is 1. The Morgan fingerprint density at radius 3 is 2.52 bits per heavy atom.